The minimum Gasteiger partial charge on any atom is -0.497 e. The first-order valence-electron chi connectivity index (χ1n) is 5.06. The van der Waals surface area contributed by atoms with E-state index in [-0.39, 0.29) is 0 Å². The molecule has 2 N–H and O–H groups in total. The van der Waals surface area contributed by atoms with Gasteiger partial charge in [-0.1, -0.05) is 0 Å². The number of hydrogen-bond donors (Lipinski definition) is 2. The molecule has 0 amide bonds. The number of carboxylic acids is 1. The molecule has 0 bridgehead atoms. The largest absolute Gasteiger partial charge is 0.497 e. The van der Waals surface area contributed by atoms with E-state index in [1.807, 2.05) is 18.2 Å². The third kappa shape index (κ3) is 2.00. The molecular weight excluding hydrogens is 206 g/mol. The molecule has 1 heterocycles. The number of hydrogen-bond acceptors (Lipinski definition) is 3. The minimum absolute atomic E-state index is 0.663. The monoisotopic (exact) mass is 219 g/mol. The Kier molecular flexibility index (Phi) is 2.81. The lowest BCUT2D eigenvalue weighted by atomic mass is 9.97. The van der Waals surface area contributed by atoms with Gasteiger partial charge in [0.15, 0.2) is 0 Å². The van der Waals surface area contributed by atoms with Crippen LogP contribution in [0.5, 0.6) is 5.75 Å². The number of methoxy groups -OCH3 is 1. The Hall–Kier alpha value is -1.97. The standard InChI is InChI=1S/C12H13NO3/c1-16-9-2-3-10-8(6-9)4-5-13-11(10)7-12(14)15/h2-3,6-7,13H,4-5H2,1H3,(H,14,15)/b11-7-. The molecule has 1 aromatic carbocycles. The Balaban J connectivity index is 2.43. The number of ether oxygens (including phenoxy) is 1. The van der Waals surface area contributed by atoms with E-state index in [1.165, 1.54) is 6.08 Å². The predicted octanol–water partition coefficient (Wildman–Crippen LogP) is 1.27. The number of fused-ring (bicyclic) bond motifs is 1. The fourth-order valence-electron chi connectivity index (χ4n) is 1.85. The molecule has 16 heavy (non-hydrogen) atoms. The van der Waals surface area contributed by atoms with Gasteiger partial charge in [0.05, 0.1) is 7.11 Å². The first-order chi connectivity index (χ1) is 7.70. The summed E-state index contributed by atoms with van der Waals surface area (Å²) in [7, 11) is 1.62. The molecule has 0 radical (unpaired) electrons. The van der Waals surface area contributed by atoms with Crippen LogP contribution < -0.4 is 10.1 Å². The molecule has 0 saturated carbocycles. The van der Waals surface area contributed by atoms with Gasteiger partial charge in [0.1, 0.15) is 5.75 Å². The van der Waals surface area contributed by atoms with Crippen LogP contribution >= 0.6 is 0 Å². The maximum absolute atomic E-state index is 10.7. The van der Waals surface area contributed by atoms with Crippen molar-refractivity contribution < 1.29 is 14.6 Å². The zero-order valence-corrected chi connectivity index (χ0v) is 8.99. The van der Waals surface area contributed by atoms with E-state index in [4.69, 9.17) is 9.84 Å². The van der Waals surface area contributed by atoms with Gasteiger partial charge in [0.2, 0.25) is 0 Å². The van der Waals surface area contributed by atoms with Gasteiger partial charge in [0.25, 0.3) is 0 Å². The molecule has 0 atom stereocenters. The van der Waals surface area contributed by atoms with Crippen molar-refractivity contribution in [3.05, 3.63) is 35.4 Å². The lowest BCUT2D eigenvalue weighted by Gasteiger charge is -2.21. The Labute approximate surface area is 93.5 Å². The predicted molar refractivity (Wildman–Crippen MR) is 60.3 cm³/mol. The molecule has 84 valence electrons. The molecule has 4 heteroatoms. The lowest BCUT2D eigenvalue weighted by molar-refractivity contribution is -0.131. The summed E-state index contributed by atoms with van der Waals surface area (Å²) in [5.74, 6) is -0.138. The molecular formula is C12H13NO3. The highest BCUT2D eigenvalue weighted by Crippen LogP contribution is 2.25. The third-order valence-electron chi connectivity index (χ3n) is 2.58. The van der Waals surface area contributed by atoms with Crippen molar-refractivity contribution in [1.82, 2.24) is 5.32 Å². The summed E-state index contributed by atoms with van der Waals surface area (Å²) in [6, 6.07) is 5.67. The van der Waals surface area contributed by atoms with Gasteiger partial charge in [-0.3, -0.25) is 0 Å². The van der Waals surface area contributed by atoms with Gasteiger partial charge in [-0.15, -0.1) is 0 Å². The van der Waals surface area contributed by atoms with Crippen LogP contribution in [0, 0.1) is 0 Å². The first kappa shape index (κ1) is 10.5. The Bertz CT molecular complexity index is 452. The summed E-state index contributed by atoms with van der Waals surface area (Å²) in [5.41, 5.74) is 2.72. The maximum atomic E-state index is 10.7. The minimum atomic E-state index is -0.939. The quantitative estimate of drug-likeness (QED) is 0.735. The van der Waals surface area contributed by atoms with Gasteiger partial charge < -0.3 is 15.2 Å². The normalized spacial score (nSPS) is 16.4. The smallest absolute Gasteiger partial charge is 0.330 e. The number of carbonyl (C=O) groups is 1. The van der Waals surface area contributed by atoms with Gasteiger partial charge in [-0.05, 0) is 30.2 Å². The highest BCUT2D eigenvalue weighted by atomic mass is 16.5. The molecule has 2 rings (SSSR count). The van der Waals surface area contributed by atoms with Crippen LogP contribution in [-0.2, 0) is 11.2 Å². The van der Waals surface area contributed by atoms with Crippen LogP contribution in [-0.4, -0.2) is 24.7 Å². The highest BCUT2D eigenvalue weighted by molar-refractivity contribution is 5.90. The van der Waals surface area contributed by atoms with Gasteiger partial charge >= 0.3 is 5.97 Å². The van der Waals surface area contributed by atoms with E-state index < -0.39 is 5.97 Å². The fourth-order valence-corrected chi connectivity index (χ4v) is 1.85. The van der Waals surface area contributed by atoms with Crippen molar-refractivity contribution in [3.63, 3.8) is 0 Å². The molecule has 0 aromatic heterocycles. The number of aliphatic carboxylic acids is 1. The van der Waals surface area contributed by atoms with E-state index in [0.717, 1.165) is 29.8 Å². The Morgan fingerprint density at radius 1 is 1.56 bits per heavy atom. The van der Waals surface area contributed by atoms with E-state index in [0.29, 0.717) is 5.70 Å². The van der Waals surface area contributed by atoms with Crippen molar-refractivity contribution in [3.8, 4) is 5.75 Å². The summed E-state index contributed by atoms with van der Waals surface area (Å²) in [6.07, 6.45) is 2.08. The first-order valence-corrected chi connectivity index (χ1v) is 5.06. The second-order valence-corrected chi connectivity index (χ2v) is 3.60. The average molecular weight is 219 g/mol. The maximum Gasteiger partial charge on any atom is 0.330 e. The van der Waals surface area contributed by atoms with E-state index in [2.05, 4.69) is 5.32 Å². The number of nitrogens with one attached hydrogen (secondary N) is 1. The van der Waals surface area contributed by atoms with Gasteiger partial charge in [-0.2, -0.15) is 0 Å². The van der Waals surface area contributed by atoms with Crippen LogP contribution in [0.3, 0.4) is 0 Å². The molecule has 0 fully saturated rings. The van der Waals surface area contributed by atoms with Gasteiger partial charge in [-0.25, -0.2) is 4.79 Å². The zero-order valence-electron chi connectivity index (χ0n) is 8.99. The highest BCUT2D eigenvalue weighted by Gasteiger charge is 2.14. The molecule has 1 aromatic rings. The number of rotatable bonds is 2. The van der Waals surface area contributed by atoms with E-state index >= 15 is 0 Å². The Morgan fingerprint density at radius 3 is 3.06 bits per heavy atom. The van der Waals surface area contributed by atoms with Crippen LogP contribution in [0.25, 0.3) is 5.70 Å². The van der Waals surface area contributed by atoms with Crippen molar-refractivity contribution >= 4 is 11.7 Å². The number of benzene rings is 1. The van der Waals surface area contributed by atoms with Crippen LogP contribution in [0.2, 0.25) is 0 Å². The average Bonchev–Trinajstić information content (AvgIpc) is 2.28. The van der Waals surface area contributed by atoms with Gasteiger partial charge in [0, 0.05) is 23.9 Å². The topological polar surface area (TPSA) is 58.6 Å². The Morgan fingerprint density at radius 2 is 2.38 bits per heavy atom. The summed E-state index contributed by atoms with van der Waals surface area (Å²) in [4.78, 5) is 10.7. The van der Waals surface area contributed by atoms with Crippen molar-refractivity contribution in [2.75, 3.05) is 13.7 Å². The summed E-state index contributed by atoms with van der Waals surface area (Å²) in [5, 5.41) is 11.8. The van der Waals surface area contributed by atoms with Crippen molar-refractivity contribution in [1.29, 1.82) is 0 Å². The summed E-state index contributed by atoms with van der Waals surface area (Å²) >= 11 is 0. The SMILES string of the molecule is COc1ccc2c(c1)CCN/C2=C\C(=O)O. The molecule has 0 spiro atoms. The van der Waals surface area contributed by atoms with Crippen LogP contribution in [0.4, 0.5) is 0 Å². The second-order valence-electron chi connectivity index (χ2n) is 3.60. The lowest BCUT2D eigenvalue weighted by Crippen LogP contribution is -2.23. The molecule has 1 aliphatic rings. The fraction of sp³-hybridized carbons (Fsp3) is 0.250. The molecule has 4 nitrogen and oxygen atoms in total. The van der Waals surface area contributed by atoms with E-state index in [9.17, 15) is 4.79 Å². The molecule has 0 aliphatic carbocycles. The summed E-state index contributed by atoms with van der Waals surface area (Å²) in [6.45, 7) is 0.749. The molecule has 0 unspecified atom stereocenters. The molecule has 0 saturated heterocycles. The summed E-state index contributed by atoms with van der Waals surface area (Å²) < 4.78 is 5.14. The zero-order chi connectivity index (χ0) is 11.5. The van der Waals surface area contributed by atoms with Crippen molar-refractivity contribution in [2.45, 2.75) is 6.42 Å². The number of carboxylic acid groups (broad SMARTS) is 1. The van der Waals surface area contributed by atoms with Crippen LogP contribution in [0.15, 0.2) is 24.3 Å². The second kappa shape index (κ2) is 4.26. The van der Waals surface area contributed by atoms with Crippen molar-refractivity contribution in [2.24, 2.45) is 0 Å². The van der Waals surface area contributed by atoms with E-state index in [1.54, 1.807) is 7.11 Å². The van der Waals surface area contributed by atoms with Crippen LogP contribution in [0.1, 0.15) is 11.1 Å². The third-order valence-corrected chi connectivity index (χ3v) is 2.58. The molecule has 1 aliphatic heterocycles.